The zero-order valence-corrected chi connectivity index (χ0v) is 18.5. The number of aromatic nitrogens is 1. The molecule has 8 heteroatoms. The zero-order valence-electron chi connectivity index (χ0n) is 16.9. The van der Waals surface area contributed by atoms with E-state index < -0.39 is 0 Å². The van der Waals surface area contributed by atoms with Crippen LogP contribution in [0.25, 0.3) is 10.2 Å². The number of ether oxygens (including phenoxy) is 2. The van der Waals surface area contributed by atoms with E-state index in [1.165, 1.54) is 11.3 Å². The average molecular weight is 434 g/mol. The van der Waals surface area contributed by atoms with Crippen LogP contribution >= 0.6 is 22.9 Å². The lowest BCUT2D eigenvalue weighted by Gasteiger charge is -2.21. The molecule has 0 bridgehead atoms. The predicted molar refractivity (Wildman–Crippen MR) is 119 cm³/mol. The Bertz CT molecular complexity index is 948. The highest BCUT2D eigenvalue weighted by atomic mass is 35.5. The van der Waals surface area contributed by atoms with Crippen molar-refractivity contribution in [1.82, 2.24) is 9.88 Å². The molecular weight excluding hydrogens is 410 g/mol. The molecule has 1 heterocycles. The van der Waals surface area contributed by atoms with Gasteiger partial charge in [0, 0.05) is 29.3 Å². The van der Waals surface area contributed by atoms with Crippen molar-refractivity contribution < 1.29 is 14.3 Å². The fraction of sp³-hybridized carbons (Fsp3) is 0.333. The third-order valence-electron chi connectivity index (χ3n) is 4.44. The minimum Gasteiger partial charge on any atom is -0.493 e. The van der Waals surface area contributed by atoms with E-state index in [1.807, 2.05) is 26.2 Å². The molecule has 0 saturated heterocycles. The monoisotopic (exact) mass is 433 g/mol. The second kappa shape index (κ2) is 9.43. The number of rotatable bonds is 8. The molecule has 29 heavy (non-hydrogen) atoms. The summed E-state index contributed by atoms with van der Waals surface area (Å²) in [6.07, 6.45) is 0.828. The molecule has 3 aromatic rings. The van der Waals surface area contributed by atoms with Crippen molar-refractivity contribution in [1.29, 1.82) is 0 Å². The summed E-state index contributed by atoms with van der Waals surface area (Å²) >= 11 is 7.44. The quantitative estimate of drug-likeness (QED) is 0.521. The molecule has 0 N–H and O–H groups in total. The standard InChI is InChI=1S/C21H24ClN3O3S/c1-24(2)10-5-11-25(20(26)14-6-8-15(22)9-7-14)21-23-16-12-17(27-3)18(28-4)13-19(16)29-21/h6-9,12-13H,5,10-11H2,1-4H3. The van der Waals surface area contributed by atoms with Gasteiger partial charge < -0.3 is 14.4 Å². The van der Waals surface area contributed by atoms with E-state index in [-0.39, 0.29) is 5.91 Å². The van der Waals surface area contributed by atoms with E-state index in [0.717, 1.165) is 23.2 Å². The van der Waals surface area contributed by atoms with Gasteiger partial charge in [-0.3, -0.25) is 9.69 Å². The van der Waals surface area contributed by atoms with E-state index in [0.29, 0.717) is 33.8 Å². The number of halogens is 1. The summed E-state index contributed by atoms with van der Waals surface area (Å²) < 4.78 is 11.7. The van der Waals surface area contributed by atoms with Gasteiger partial charge in [-0.1, -0.05) is 22.9 Å². The fourth-order valence-corrected chi connectivity index (χ4v) is 4.06. The Morgan fingerprint density at radius 1 is 1.07 bits per heavy atom. The van der Waals surface area contributed by atoms with E-state index in [4.69, 9.17) is 26.1 Å². The fourth-order valence-electron chi connectivity index (χ4n) is 2.94. The van der Waals surface area contributed by atoms with Gasteiger partial charge in [-0.05, 0) is 51.3 Å². The maximum atomic E-state index is 13.2. The van der Waals surface area contributed by atoms with Crippen LogP contribution in [-0.4, -0.2) is 57.2 Å². The van der Waals surface area contributed by atoms with Gasteiger partial charge >= 0.3 is 0 Å². The number of nitrogens with zero attached hydrogens (tertiary/aromatic N) is 3. The lowest BCUT2D eigenvalue weighted by Crippen LogP contribution is -2.33. The lowest BCUT2D eigenvalue weighted by atomic mass is 10.2. The van der Waals surface area contributed by atoms with Gasteiger partial charge in [0.25, 0.3) is 5.91 Å². The van der Waals surface area contributed by atoms with Crippen LogP contribution in [0.5, 0.6) is 11.5 Å². The van der Waals surface area contributed by atoms with E-state index in [2.05, 4.69) is 4.90 Å². The molecule has 0 fully saturated rings. The van der Waals surface area contributed by atoms with E-state index in [1.54, 1.807) is 43.4 Å². The van der Waals surface area contributed by atoms with Gasteiger partial charge in [0.2, 0.25) is 0 Å². The van der Waals surface area contributed by atoms with E-state index >= 15 is 0 Å². The lowest BCUT2D eigenvalue weighted by molar-refractivity contribution is 0.0986. The van der Waals surface area contributed by atoms with Crippen LogP contribution in [0.15, 0.2) is 36.4 Å². The number of hydrogen-bond acceptors (Lipinski definition) is 6. The maximum absolute atomic E-state index is 13.2. The largest absolute Gasteiger partial charge is 0.493 e. The Hall–Kier alpha value is -2.35. The molecule has 0 radical (unpaired) electrons. The summed E-state index contributed by atoms with van der Waals surface area (Å²) in [6, 6.07) is 10.6. The Morgan fingerprint density at radius 2 is 1.72 bits per heavy atom. The molecule has 0 aliphatic rings. The van der Waals surface area contributed by atoms with Crippen LogP contribution in [-0.2, 0) is 0 Å². The number of benzene rings is 2. The van der Waals surface area contributed by atoms with Gasteiger partial charge in [0.05, 0.1) is 24.4 Å². The smallest absolute Gasteiger partial charge is 0.260 e. The molecule has 154 valence electrons. The van der Waals surface area contributed by atoms with Gasteiger partial charge in [-0.25, -0.2) is 4.98 Å². The molecular formula is C21H24ClN3O3S. The summed E-state index contributed by atoms with van der Waals surface area (Å²) in [7, 11) is 7.22. The van der Waals surface area contributed by atoms with Crippen LogP contribution in [0.4, 0.5) is 5.13 Å². The minimum absolute atomic E-state index is 0.0987. The summed E-state index contributed by atoms with van der Waals surface area (Å²) in [5, 5.41) is 1.24. The van der Waals surface area contributed by atoms with Crippen LogP contribution < -0.4 is 14.4 Å². The number of carbonyl (C=O) groups is 1. The number of amides is 1. The Morgan fingerprint density at radius 3 is 2.34 bits per heavy atom. The highest BCUT2D eigenvalue weighted by Crippen LogP contribution is 2.37. The molecule has 0 spiro atoms. The van der Waals surface area contributed by atoms with Crippen molar-refractivity contribution in [2.75, 3.05) is 46.3 Å². The highest BCUT2D eigenvalue weighted by Gasteiger charge is 2.22. The first-order valence-electron chi connectivity index (χ1n) is 9.17. The van der Waals surface area contributed by atoms with Gasteiger partial charge in [-0.15, -0.1) is 0 Å². The van der Waals surface area contributed by atoms with Gasteiger partial charge in [0.15, 0.2) is 16.6 Å². The van der Waals surface area contributed by atoms with Gasteiger partial charge in [-0.2, -0.15) is 0 Å². The normalized spacial score (nSPS) is 11.1. The molecule has 6 nitrogen and oxygen atoms in total. The Balaban J connectivity index is 1.98. The van der Waals surface area contributed by atoms with Crippen LogP contribution in [0.1, 0.15) is 16.8 Å². The summed E-state index contributed by atoms with van der Waals surface area (Å²) in [5.74, 6) is 1.15. The minimum atomic E-state index is -0.0987. The number of anilines is 1. The van der Waals surface area contributed by atoms with Crippen LogP contribution in [0.3, 0.4) is 0 Å². The highest BCUT2D eigenvalue weighted by molar-refractivity contribution is 7.22. The molecule has 2 aromatic carbocycles. The SMILES string of the molecule is COc1cc2nc(N(CCCN(C)C)C(=O)c3ccc(Cl)cc3)sc2cc1OC. The molecule has 0 unspecified atom stereocenters. The summed E-state index contributed by atoms with van der Waals surface area (Å²) in [6.45, 7) is 1.44. The first kappa shape index (κ1) is 21.4. The number of methoxy groups -OCH3 is 2. The second-order valence-electron chi connectivity index (χ2n) is 6.79. The zero-order chi connectivity index (χ0) is 21.0. The number of fused-ring (bicyclic) bond motifs is 1. The Labute approximate surface area is 179 Å². The summed E-state index contributed by atoms with van der Waals surface area (Å²) in [4.78, 5) is 21.8. The first-order valence-corrected chi connectivity index (χ1v) is 10.4. The molecule has 0 saturated carbocycles. The summed E-state index contributed by atoms with van der Waals surface area (Å²) in [5.41, 5.74) is 1.35. The Kier molecular flexibility index (Phi) is 6.95. The van der Waals surface area contributed by atoms with E-state index in [9.17, 15) is 4.79 Å². The predicted octanol–water partition coefficient (Wildman–Crippen LogP) is 4.57. The molecule has 0 atom stereocenters. The topological polar surface area (TPSA) is 54.9 Å². The third-order valence-corrected chi connectivity index (χ3v) is 5.73. The second-order valence-corrected chi connectivity index (χ2v) is 8.24. The maximum Gasteiger partial charge on any atom is 0.260 e. The van der Waals surface area contributed by atoms with Crippen molar-refractivity contribution >= 4 is 44.2 Å². The third kappa shape index (κ3) is 4.98. The number of carbonyl (C=O) groups excluding carboxylic acids is 1. The average Bonchev–Trinajstić information content (AvgIpc) is 3.12. The van der Waals surface area contributed by atoms with Gasteiger partial charge in [0.1, 0.15) is 0 Å². The molecule has 3 rings (SSSR count). The molecule has 1 aromatic heterocycles. The molecule has 0 aliphatic heterocycles. The van der Waals surface area contributed by atoms with Crippen molar-refractivity contribution in [3.63, 3.8) is 0 Å². The van der Waals surface area contributed by atoms with Crippen molar-refractivity contribution in [2.45, 2.75) is 6.42 Å². The van der Waals surface area contributed by atoms with Crippen molar-refractivity contribution in [3.05, 3.63) is 47.0 Å². The van der Waals surface area contributed by atoms with Crippen molar-refractivity contribution in [3.8, 4) is 11.5 Å². The number of hydrogen-bond donors (Lipinski definition) is 0. The number of thiazole rings is 1. The van der Waals surface area contributed by atoms with Crippen LogP contribution in [0.2, 0.25) is 5.02 Å². The first-order chi connectivity index (χ1) is 13.9. The molecule has 1 amide bonds. The van der Waals surface area contributed by atoms with Crippen LogP contribution in [0, 0.1) is 0 Å². The molecule has 0 aliphatic carbocycles. The van der Waals surface area contributed by atoms with Crippen molar-refractivity contribution in [2.24, 2.45) is 0 Å².